The molecule has 0 spiro atoms. The van der Waals surface area contributed by atoms with Gasteiger partial charge in [-0.15, -0.1) is 0 Å². The van der Waals surface area contributed by atoms with Crippen LogP contribution in [0.25, 0.3) is 5.57 Å². The number of hydrogen-bond acceptors (Lipinski definition) is 6. The van der Waals surface area contributed by atoms with E-state index in [1.54, 1.807) is 31.2 Å². The normalized spacial score (nSPS) is 19.3. The summed E-state index contributed by atoms with van der Waals surface area (Å²) in [6.45, 7) is 1.79. The van der Waals surface area contributed by atoms with Gasteiger partial charge in [0.15, 0.2) is 0 Å². The molecule has 2 atom stereocenters. The minimum Gasteiger partial charge on any atom is -0.503 e. The molecule has 1 aliphatic rings. The van der Waals surface area contributed by atoms with Crippen molar-refractivity contribution in [2.45, 2.75) is 25.9 Å². The predicted molar refractivity (Wildman–Crippen MR) is 113 cm³/mol. The second-order valence-corrected chi connectivity index (χ2v) is 7.02. The van der Waals surface area contributed by atoms with Crippen molar-refractivity contribution in [2.75, 3.05) is 7.11 Å². The van der Waals surface area contributed by atoms with Gasteiger partial charge in [-0.3, -0.25) is 0 Å². The number of benzene rings is 2. The molecule has 7 heteroatoms. The molecule has 156 valence electrons. The van der Waals surface area contributed by atoms with Crippen LogP contribution in [0.1, 0.15) is 36.0 Å². The highest BCUT2D eigenvalue weighted by atomic mass is 16.6. The zero-order chi connectivity index (χ0) is 21.5. The van der Waals surface area contributed by atoms with Gasteiger partial charge in [0.1, 0.15) is 23.6 Å². The third-order valence-corrected chi connectivity index (χ3v) is 5.04. The zero-order valence-electron chi connectivity index (χ0n) is 16.9. The average molecular weight is 408 g/mol. The Bertz CT molecular complexity index is 982. The number of ether oxygens (including phenoxy) is 1. The summed E-state index contributed by atoms with van der Waals surface area (Å²) in [5.74, 6) is -0.695. The molecule has 0 aromatic heterocycles. The van der Waals surface area contributed by atoms with E-state index in [0.29, 0.717) is 28.5 Å². The molecule has 0 bridgehead atoms. The van der Waals surface area contributed by atoms with Gasteiger partial charge in [0.25, 0.3) is 0 Å². The molecule has 0 aliphatic heterocycles. The maximum atomic E-state index is 11.5. The van der Waals surface area contributed by atoms with E-state index < -0.39 is 5.97 Å². The van der Waals surface area contributed by atoms with Gasteiger partial charge in [-0.2, -0.15) is 0 Å². The molecular weight excluding hydrogens is 384 g/mol. The number of nitrogens with zero attached hydrogens (tertiary/aromatic N) is 2. The van der Waals surface area contributed by atoms with Crippen LogP contribution < -0.4 is 0 Å². The van der Waals surface area contributed by atoms with Crippen molar-refractivity contribution in [3.8, 4) is 0 Å². The van der Waals surface area contributed by atoms with Crippen LogP contribution in [0, 0.1) is 5.92 Å². The van der Waals surface area contributed by atoms with E-state index in [-0.39, 0.29) is 18.1 Å². The molecule has 2 aromatic carbocycles. The Morgan fingerprint density at radius 3 is 2.53 bits per heavy atom. The van der Waals surface area contributed by atoms with Gasteiger partial charge in [-0.25, -0.2) is 4.79 Å². The van der Waals surface area contributed by atoms with Crippen molar-refractivity contribution in [1.82, 2.24) is 0 Å². The molecule has 2 N–H and O–H groups in total. The first-order chi connectivity index (χ1) is 14.6. The lowest BCUT2D eigenvalue weighted by Gasteiger charge is -2.10. The lowest BCUT2D eigenvalue weighted by Crippen LogP contribution is -2.15. The molecule has 2 aromatic rings. The highest BCUT2D eigenvalue weighted by Crippen LogP contribution is 2.48. The van der Waals surface area contributed by atoms with Crippen LogP contribution in [0.2, 0.25) is 0 Å². The van der Waals surface area contributed by atoms with Crippen LogP contribution in [-0.4, -0.2) is 34.8 Å². The summed E-state index contributed by atoms with van der Waals surface area (Å²) in [5.41, 5.74) is 3.36. The van der Waals surface area contributed by atoms with Crippen LogP contribution in [-0.2, 0) is 21.0 Å². The summed E-state index contributed by atoms with van der Waals surface area (Å²) in [6.07, 6.45) is 2.08. The first kappa shape index (κ1) is 21.1. The smallest absolute Gasteiger partial charge is 0.339 e. The number of carbonyl (C=O) groups is 1. The quantitative estimate of drug-likeness (QED) is 0.212. The maximum Gasteiger partial charge on any atom is 0.339 e. The Hall–Kier alpha value is -3.61. The van der Waals surface area contributed by atoms with Crippen molar-refractivity contribution in [3.05, 3.63) is 77.5 Å². The van der Waals surface area contributed by atoms with E-state index in [1.165, 1.54) is 18.9 Å². The predicted octanol–water partition coefficient (Wildman–Crippen LogP) is 4.28. The summed E-state index contributed by atoms with van der Waals surface area (Å²) in [4.78, 5) is 17.0. The minimum atomic E-state index is -1.10. The number of oxime groups is 2. The Morgan fingerprint density at radius 2 is 1.87 bits per heavy atom. The first-order valence-electron chi connectivity index (χ1n) is 9.55. The second kappa shape index (κ2) is 9.73. The molecule has 0 saturated heterocycles. The van der Waals surface area contributed by atoms with Crippen molar-refractivity contribution in [2.24, 2.45) is 16.2 Å². The summed E-state index contributed by atoms with van der Waals surface area (Å²) < 4.78 is 4.89. The fourth-order valence-corrected chi connectivity index (χ4v) is 3.48. The van der Waals surface area contributed by atoms with Crippen LogP contribution in [0.15, 0.2) is 71.2 Å². The van der Waals surface area contributed by atoms with Crippen molar-refractivity contribution in [1.29, 1.82) is 0 Å². The molecule has 30 heavy (non-hydrogen) atoms. The van der Waals surface area contributed by atoms with Crippen LogP contribution >= 0.6 is 0 Å². The molecule has 1 fully saturated rings. The molecule has 0 amide bonds. The lowest BCUT2D eigenvalue weighted by atomic mass is 10.0. The molecule has 2 unspecified atom stereocenters. The molecule has 1 saturated carbocycles. The standard InChI is InChI=1S/C23H24N2O5/c1-15(22(24-28)20-12-19(20)16-8-4-3-5-9-16)25-30-13-17-10-6-7-11-18(17)21(14-29-2)23(26)27/h3-11,14,19-20,28H,12-13H2,1-2H3,(H,26,27)/b21-14+,24-22-,25-15+. The summed E-state index contributed by atoms with van der Waals surface area (Å²) >= 11 is 0. The second-order valence-electron chi connectivity index (χ2n) is 7.02. The van der Waals surface area contributed by atoms with Crippen LogP contribution in [0.5, 0.6) is 0 Å². The molecule has 0 heterocycles. The van der Waals surface area contributed by atoms with Crippen molar-refractivity contribution >= 4 is 23.0 Å². The van der Waals surface area contributed by atoms with Gasteiger partial charge in [0.2, 0.25) is 0 Å². The van der Waals surface area contributed by atoms with Crippen molar-refractivity contribution in [3.63, 3.8) is 0 Å². The van der Waals surface area contributed by atoms with Crippen molar-refractivity contribution < 1.29 is 24.7 Å². The number of carboxylic acid groups (broad SMARTS) is 1. The third-order valence-electron chi connectivity index (χ3n) is 5.04. The largest absolute Gasteiger partial charge is 0.503 e. The van der Waals surface area contributed by atoms with Crippen LogP contribution in [0.4, 0.5) is 0 Å². The third kappa shape index (κ3) is 4.86. The number of rotatable bonds is 9. The van der Waals surface area contributed by atoms with E-state index in [0.717, 1.165) is 6.42 Å². The Kier molecular flexibility index (Phi) is 6.85. The maximum absolute atomic E-state index is 11.5. The Labute approximate surface area is 174 Å². The van der Waals surface area contributed by atoms with Crippen LogP contribution in [0.3, 0.4) is 0 Å². The number of aliphatic carboxylic acids is 1. The molecule has 3 rings (SSSR count). The highest BCUT2D eigenvalue weighted by molar-refractivity contribution is 6.42. The van der Waals surface area contributed by atoms with E-state index in [9.17, 15) is 15.1 Å². The van der Waals surface area contributed by atoms with Gasteiger partial charge >= 0.3 is 5.97 Å². The summed E-state index contributed by atoms with van der Waals surface area (Å²) in [7, 11) is 1.39. The van der Waals surface area contributed by atoms with Gasteiger partial charge < -0.3 is 19.9 Å². The van der Waals surface area contributed by atoms with Gasteiger partial charge in [0, 0.05) is 11.5 Å². The minimum absolute atomic E-state index is 0.0266. The molecular formula is C23H24N2O5. The fourth-order valence-electron chi connectivity index (χ4n) is 3.48. The Morgan fingerprint density at radius 1 is 1.17 bits per heavy atom. The Balaban J connectivity index is 1.68. The first-order valence-corrected chi connectivity index (χ1v) is 9.55. The van der Waals surface area contributed by atoms with Gasteiger partial charge in [-0.05, 0) is 30.4 Å². The number of methoxy groups -OCH3 is 1. The van der Waals surface area contributed by atoms with E-state index in [4.69, 9.17) is 9.57 Å². The summed E-state index contributed by atoms with van der Waals surface area (Å²) in [6, 6.07) is 17.1. The van der Waals surface area contributed by atoms with Gasteiger partial charge in [-0.1, -0.05) is 64.9 Å². The highest BCUT2D eigenvalue weighted by Gasteiger charge is 2.43. The molecule has 0 radical (unpaired) electrons. The zero-order valence-corrected chi connectivity index (χ0v) is 16.9. The average Bonchev–Trinajstić information content (AvgIpc) is 3.54. The van der Waals surface area contributed by atoms with E-state index >= 15 is 0 Å². The topological polar surface area (TPSA) is 101 Å². The number of hydrogen-bond donors (Lipinski definition) is 2. The summed E-state index contributed by atoms with van der Waals surface area (Å²) in [5, 5.41) is 26.5. The fraction of sp³-hybridized carbons (Fsp3) is 0.261. The van der Waals surface area contributed by atoms with E-state index in [2.05, 4.69) is 22.4 Å². The molecule has 7 nitrogen and oxygen atoms in total. The van der Waals surface area contributed by atoms with E-state index in [1.807, 2.05) is 18.2 Å². The molecule has 1 aliphatic carbocycles. The SMILES string of the molecule is CO/C=C(/C(=O)O)c1ccccc1CO/N=C(C)/C(=N/O)C1CC1c1ccccc1. The lowest BCUT2D eigenvalue weighted by molar-refractivity contribution is -0.130. The monoisotopic (exact) mass is 408 g/mol. The van der Waals surface area contributed by atoms with Gasteiger partial charge in [0.05, 0.1) is 13.4 Å². The number of carboxylic acids is 1.